The van der Waals surface area contributed by atoms with Gasteiger partial charge in [-0.15, -0.1) is 0 Å². The average molecular weight is 511 g/mol. The zero-order valence-electron chi connectivity index (χ0n) is 18.7. The fraction of sp³-hybridized carbons (Fsp3) is 0.391. The van der Waals surface area contributed by atoms with Gasteiger partial charge >= 0.3 is 0 Å². The Morgan fingerprint density at radius 2 is 1.82 bits per heavy atom. The van der Waals surface area contributed by atoms with Gasteiger partial charge in [-0.3, -0.25) is 9.79 Å². The van der Waals surface area contributed by atoms with Gasteiger partial charge in [-0.05, 0) is 29.7 Å². The molecule has 0 unspecified atom stereocenters. The second kappa shape index (κ2) is 11.3. The Balaban J connectivity index is 1.46. The number of benzene rings is 2. The van der Waals surface area contributed by atoms with Gasteiger partial charge < -0.3 is 10.2 Å². The van der Waals surface area contributed by atoms with E-state index in [1.165, 1.54) is 17.4 Å². The largest absolute Gasteiger partial charge is 0.368 e. The summed E-state index contributed by atoms with van der Waals surface area (Å²) in [6.07, 6.45) is 0.816. The van der Waals surface area contributed by atoms with Gasteiger partial charge in [0.2, 0.25) is 15.9 Å². The Bertz CT molecular complexity index is 1120. The van der Waals surface area contributed by atoms with Crippen LogP contribution in [-0.2, 0) is 27.0 Å². The molecule has 2 aromatic carbocycles. The number of rotatable bonds is 10. The van der Waals surface area contributed by atoms with Gasteiger partial charge in [-0.2, -0.15) is 0 Å². The maximum Gasteiger partial charge on any atom is 0.223 e. The van der Waals surface area contributed by atoms with E-state index in [-0.39, 0.29) is 24.6 Å². The zero-order chi connectivity index (χ0) is 24.0. The molecule has 1 N–H and O–H groups in total. The number of likely N-dealkylation sites (N-methyl/N-ethyl adjacent to an activating group) is 1. The molecule has 0 spiro atoms. The van der Waals surface area contributed by atoms with Crippen LogP contribution < -0.4 is 5.32 Å². The highest BCUT2D eigenvalue weighted by Gasteiger charge is 2.21. The molecule has 0 aliphatic carbocycles. The first-order valence-corrected chi connectivity index (χ1v) is 13.0. The Labute approximate surface area is 205 Å². The quantitative estimate of drug-likeness (QED) is 0.531. The zero-order valence-corrected chi connectivity index (χ0v) is 21.1. The van der Waals surface area contributed by atoms with E-state index in [1.54, 1.807) is 24.1 Å². The highest BCUT2D eigenvalue weighted by atomic mass is 35.5. The van der Waals surface area contributed by atoms with Crippen molar-refractivity contribution in [2.75, 3.05) is 40.3 Å². The molecule has 0 saturated heterocycles. The SMILES string of the molecule is CN(CCc1ccc(C2=NCCN2)cc1)C(=O)CCN(C)S(=O)(=O)Cc1ccc(Cl)cc1Cl. The molecule has 0 bridgehead atoms. The molecule has 1 amide bonds. The van der Waals surface area contributed by atoms with Crippen molar-refractivity contribution in [1.29, 1.82) is 0 Å². The fourth-order valence-corrected chi connectivity index (χ4v) is 5.16. The number of halogens is 2. The standard InChI is InChI=1S/C23H28Cl2N4O3S/c1-28(13-9-17-3-5-18(6-4-17)23-26-11-12-27-23)22(30)10-14-29(2)33(31,32)16-19-7-8-20(24)15-21(19)25/h3-8,15H,9-14,16H2,1-2H3,(H,26,27). The van der Waals surface area contributed by atoms with E-state index in [2.05, 4.69) is 10.3 Å². The molecular weight excluding hydrogens is 483 g/mol. The number of amidine groups is 1. The Kier molecular flexibility index (Phi) is 8.75. The third-order valence-corrected chi connectivity index (χ3v) is 7.93. The molecule has 1 aliphatic rings. The van der Waals surface area contributed by atoms with Crippen molar-refractivity contribution < 1.29 is 13.2 Å². The summed E-state index contributed by atoms with van der Waals surface area (Å²) in [7, 11) is -0.415. The van der Waals surface area contributed by atoms with E-state index in [0.29, 0.717) is 28.6 Å². The number of hydrogen-bond acceptors (Lipinski definition) is 5. The van der Waals surface area contributed by atoms with E-state index < -0.39 is 10.0 Å². The number of nitrogens with one attached hydrogen (secondary N) is 1. The lowest BCUT2D eigenvalue weighted by Gasteiger charge is -2.21. The molecule has 178 valence electrons. The van der Waals surface area contributed by atoms with E-state index in [9.17, 15) is 13.2 Å². The monoisotopic (exact) mass is 510 g/mol. The first-order chi connectivity index (χ1) is 15.7. The summed E-state index contributed by atoms with van der Waals surface area (Å²) in [6.45, 7) is 2.32. The minimum Gasteiger partial charge on any atom is -0.368 e. The number of nitrogens with zero attached hydrogens (tertiary/aromatic N) is 3. The van der Waals surface area contributed by atoms with Gasteiger partial charge in [-0.25, -0.2) is 12.7 Å². The molecule has 0 atom stereocenters. The van der Waals surface area contributed by atoms with Crippen LogP contribution in [0.1, 0.15) is 23.1 Å². The van der Waals surface area contributed by atoms with Gasteiger partial charge in [0.25, 0.3) is 0 Å². The minimum absolute atomic E-state index is 0.0977. The summed E-state index contributed by atoms with van der Waals surface area (Å²) >= 11 is 12.0. The van der Waals surface area contributed by atoms with Crippen molar-refractivity contribution in [3.05, 3.63) is 69.2 Å². The summed E-state index contributed by atoms with van der Waals surface area (Å²) in [5, 5.41) is 3.99. The van der Waals surface area contributed by atoms with Crippen LogP contribution in [0.3, 0.4) is 0 Å². The Hall–Kier alpha value is -2.13. The molecule has 2 aromatic rings. The third-order valence-electron chi connectivity index (χ3n) is 5.53. The van der Waals surface area contributed by atoms with Crippen LogP contribution in [0.5, 0.6) is 0 Å². The maximum absolute atomic E-state index is 12.6. The van der Waals surface area contributed by atoms with Crippen LogP contribution in [0, 0.1) is 0 Å². The van der Waals surface area contributed by atoms with E-state index in [4.69, 9.17) is 23.2 Å². The van der Waals surface area contributed by atoms with Crippen molar-refractivity contribution in [2.45, 2.75) is 18.6 Å². The molecule has 0 radical (unpaired) electrons. The molecule has 10 heteroatoms. The third kappa shape index (κ3) is 7.17. The second-order valence-electron chi connectivity index (χ2n) is 7.98. The molecule has 3 rings (SSSR count). The van der Waals surface area contributed by atoms with Gasteiger partial charge in [0.1, 0.15) is 5.84 Å². The molecule has 33 heavy (non-hydrogen) atoms. The molecule has 1 heterocycles. The smallest absolute Gasteiger partial charge is 0.223 e. The van der Waals surface area contributed by atoms with E-state index in [1.807, 2.05) is 24.3 Å². The first kappa shape index (κ1) is 25.5. The van der Waals surface area contributed by atoms with Gasteiger partial charge in [0, 0.05) is 55.8 Å². The van der Waals surface area contributed by atoms with Gasteiger partial charge in [0.15, 0.2) is 0 Å². The van der Waals surface area contributed by atoms with Crippen LogP contribution in [-0.4, -0.2) is 69.6 Å². The average Bonchev–Trinajstić information content (AvgIpc) is 3.32. The van der Waals surface area contributed by atoms with E-state index in [0.717, 1.165) is 30.1 Å². The van der Waals surface area contributed by atoms with Gasteiger partial charge in [0.05, 0.1) is 12.3 Å². The van der Waals surface area contributed by atoms with Crippen molar-refractivity contribution in [2.24, 2.45) is 4.99 Å². The lowest BCUT2D eigenvalue weighted by Crippen LogP contribution is -2.34. The normalized spacial score (nSPS) is 13.7. The summed E-state index contributed by atoms with van der Waals surface area (Å²) < 4.78 is 26.5. The molecular formula is C23H28Cl2N4O3S. The molecule has 7 nitrogen and oxygen atoms in total. The maximum atomic E-state index is 12.6. The number of sulfonamides is 1. The lowest BCUT2D eigenvalue weighted by atomic mass is 10.1. The van der Waals surface area contributed by atoms with Crippen LogP contribution in [0.4, 0.5) is 0 Å². The highest BCUT2D eigenvalue weighted by molar-refractivity contribution is 7.88. The summed E-state index contributed by atoms with van der Waals surface area (Å²) in [6, 6.07) is 12.8. The molecule has 0 aromatic heterocycles. The van der Waals surface area contributed by atoms with Crippen molar-refractivity contribution >= 4 is 45.0 Å². The molecule has 1 aliphatic heterocycles. The Morgan fingerprint density at radius 1 is 1.09 bits per heavy atom. The van der Waals surface area contributed by atoms with Crippen molar-refractivity contribution in [3.63, 3.8) is 0 Å². The number of carbonyl (C=O) groups is 1. The van der Waals surface area contributed by atoms with Crippen molar-refractivity contribution in [1.82, 2.24) is 14.5 Å². The van der Waals surface area contributed by atoms with Crippen LogP contribution in [0.2, 0.25) is 10.0 Å². The van der Waals surface area contributed by atoms with Gasteiger partial charge in [-0.1, -0.05) is 53.5 Å². The van der Waals surface area contributed by atoms with E-state index >= 15 is 0 Å². The summed E-state index contributed by atoms with van der Waals surface area (Å²) in [5.74, 6) is 0.565. The topological polar surface area (TPSA) is 82.1 Å². The summed E-state index contributed by atoms with van der Waals surface area (Å²) in [4.78, 5) is 18.6. The predicted molar refractivity (Wildman–Crippen MR) is 134 cm³/mol. The number of hydrogen-bond donors (Lipinski definition) is 1. The number of aliphatic imine (C=N–C) groups is 1. The lowest BCUT2D eigenvalue weighted by molar-refractivity contribution is -0.129. The van der Waals surface area contributed by atoms with Crippen molar-refractivity contribution in [3.8, 4) is 0 Å². The number of amides is 1. The minimum atomic E-state index is -3.62. The highest BCUT2D eigenvalue weighted by Crippen LogP contribution is 2.23. The van der Waals surface area contributed by atoms with Crippen LogP contribution in [0.25, 0.3) is 0 Å². The Morgan fingerprint density at radius 3 is 2.45 bits per heavy atom. The number of carbonyl (C=O) groups excluding carboxylic acids is 1. The van der Waals surface area contributed by atoms with Crippen LogP contribution in [0.15, 0.2) is 47.5 Å². The van der Waals surface area contributed by atoms with Crippen LogP contribution >= 0.6 is 23.2 Å². The molecule has 0 fully saturated rings. The predicted octanol–water partition coefficient (Wildman–Crippen LogP) is 3.20. The second-order valence-corrected chi connectivity index (χ2v) is 10.9. The fourth-order valence-electron chi connectivity index (χ4n) is 3.37. The molecule has 0 saturated carbocycles. The first-order valence-electron chi connectivity index (χ1n) is 10.7. The summed E-state index contributed by atoms with van der Waals surface area (Å²) in [5.41, 5.74) is 2.65.